The molecule has 1 fully saturated rings. The van der Waals surface area contributed by atoms with E-state index in [1.54, 1.807) is 20.8 Å². The van der Waals surface area contributed by atoms with E-state index in [2.05, 4.69) is 6.07 Å². The van der Waals surface area contributed by atoms with Crippen LogP contribution in [0.2, 0.25) is 0 Å². The molecule has 0 aromatic carbocycles. The molecule has 1 heterocycles. The predicted molar refractivity (Wildman–Crippen MR) is 62.7 cm³/mol. The molecule has 18 heavy (non-hydrogen) atoms. The van der Waals surface area contributed by atoms with Gasteiger partial charge in [-0.05, 0) is 27.2 Å². The van der Waals surface area contributed by atoms with Crippen LogP contribution in [0.25, 0.3) is 0 Å². The summed E-state index contributed by atoms with van der Waals surface area (Å²) >= 11 is 0. The number of rotatable bonds is 3. The molecular formula is C12H18N2O4. The van der Waals surface area contributed by atoms with Gasteiger partial charge in [0.1, 0.15) is 5.60 Å². The van der Waals surface area contributed by atoms with E-state index in [4.69, 9.17) is 15.1 Å². The zero-order valence-corrected chi connectivity index (χ0v) is 10.9. The molecule has 0 aromatic heterocycles. The number of nitrogens with zero attached hydrogens (tertiary/aromatic N) is 2. The summed E-state index contributed by atoms with van der Waals surface area (Å²) in [6.45, 7) is 5.80. The molecule has 1 saturated heterocycles. The third kappa shape index (κ3) is 3.62. The quantitative estimate of drug-likeness (QED) is 0.826. The first-order valence-electron chi connectivity index (χ1n) is 5.78. The summed E-state index contributed by atoms with van der Waals surface area (Å²) in [5.74, 6) is -0.930. The molecule has 0 spiro atoms. The van der Waals surface area contributed by atoms with Gasteiger partial charge in [0.05, 0.1) is 11.5 Å². The molecule has 0 radical (unpaired) electrons. The van der Waals surface area contributed by atoms with Crippen LogP contribution in [0.15, 0.2) is 0 Å². The molecule has 1 N–H and O–H groups in total. The Morgan fingerprint density at radius 1 is 1.44 bits per heavy atom. The number of nitriles is 1. The lowest BCUT2D eigenvalue weighted by molar-refractivity contribution is -0.138. The molecule has 0 bridgehead atoms. The number of hydrogen-bond donors (Lipinski definition) is 1. The van der Waals surface area contributed by atoms with E-state index in [0.717, 1.165) is 0 Å². The average Bonchev–Trinajstić information content (AvgIpc) is 2.13. The molecule has 0 unspecified atom stereocenters. The molecule has 0 saturated carbocycles. The number of carboxylic acids is 1. The van der Waals surface area contributed by atoms with Crippen LogP contribution in [0.3, 0.4) is 0 Å². The maximum Gasteiger partial charge on any atom is 0.410 e. The van der Waals surface area contributed by atoms with Gasteiger partial charge in [0, 0.05) is 19.5 Å². The van der Waals surface area contributed by atoms with Crippen molar-refractivity contribution in [1.29, 1.82) is 5.26 Å². The number of hydrogen-bond acceptors (Lipinski definition) is 4. The fourth-order valence-electron chi connectivity index (χ4n) is 1.77. The van der Waals surface area contributed by atoms with E-state index < -0.39 is 23.1 Å². The van der Waals surface area contributed by atoms with E-state index in [-0.39, 0.29) is 25.9 Å². The number of carboxylic acid groups (broad SMARTS) is 1. The largest absolute Gasteiger partial charge is 0.481 e. The molecule has 0 aliphatic carbocycles. The molecule has 100 valence electrons. The van der Waals surface area contributed by atoms with E-state index in [9.17, 15) is 9.59 Å². The van der Waals surface area contributed by atoms with Crippen LogP contribution in [0.1, 0.15) is 33.6 Å². The zero-order valence-electron chi connectivity index (χ0n) is 10.9. The van der Waals surface area contributed by atoms with E-state index >= 15 is 0 Å². The van der Waals surface area contributed by atoms with Gasteiger partial charge in [-0.15, -0.1) is 0 Å². The molecule has 1 aliphatic heterocycles. The maximum atomic E-state index is 11.7. The summed E-state index contributed by atoms with van der Waals surface area (Å²) in [6.07, 6.45) is -0.253. The van der Waals surface area contributed by atoms with Crippen molar-refractivity contribution in [2.24, 2.45) is 5.41 Å². The third-order valence-electron chi connectivity index (χ3n) is 2.69. The van der Waals surface area contributed by atoms with Gasteiger partial charge in [0.15, 0.2) is 0 Å². The number of amides is 1. The first kappa shape index (κ1) is 14.3. The highest BCUT2D eigenvalue weighted by Crippen LogP contribution is 2.35. The Hall–Kier alpha value is -1.77. The summed E-state index contributed by atoms with van der Waals surface area (Å²) in [5, 5.41) is 17.7. The SMILES string of the molecule is CC(C)(C)OC(=O)N1CC(C#N)(CCC(=O)O)C1. The van der Waals surface area contributed by atoms with Crippen molar-refractivity contribution in [3.05, 3.63) is 0 Å². The molecule has 1 aliphatic rings. The van der Waals surface area contributed by atoms with Crippen molar-refractivity contribution in [3.63, 3.8) is 0 Å². The van der Waals surface area contributed by atoms with E-state index in [0.29, 0.717) is 0 Å². The van der Waals surface area contributed by atoms with Gasteiger partial charge in [0.2, 0.25) is 0 Å². The van der Waals surface area contributed by atoms with Crippen molar-refractivity contribution >= 4 is 12.1 Å². The Balaban J connectivity index is 2.48. The second-order valence-corrected chi connectivity index (χ2v) is 5.62. The number of carbonyl (C=O) groups excluding carboxylic acids is 1. The van der Waals surface area contributed by atoms with Gasteiger partial charge in [-0.2, -0.15) is 5.26 Å². The van der Waals surface area contributed by atoms with Gasteiger partial charge in [0.25, 0.3) is 0 Å². The monoisotopic (exact) mass is 254 g/mol. The molecule has 0 aromatic rings. The summed E-state index contributed by atoms with van der Waals surface area (Å²) in [6, 6.07) is 2.11. The van der Waals surface area contributed by atoms with Crippen molar-refractivity contribution < 1.29 is 19.4 Å². The average molecular weight is 254 g/mol. The van der Waals surface area contributed by atoms with Crippen LogP contribution in [-0.2, 0) is 9.53 Å². The number of likely N-dealkylation sites (tertiary alicyclic amines) is 1. The highest BCUT2D eigenvalue weighted by molar-refractivity contribution is 5.70. The Labute approximate surface area is 106 Å². The summed E-state index contributed by atoms with van der Waals surface area (Å²) in [7, 11) is 0. The Bertz CT molecular complexity index is 386. The van der Waals surface area contributed by atoms with Crippen molar-refractivity contribution in [2.75, 3.05) is 13.1 Å². The Morgan fingerprint density at radius 2 is 2.00 bits per heavy atom. The van der Waals surface area contributed by atoms with E-state index in [1.165, 1.54) is 4.90 Å². The fourth-order valence-corrected chi connectivity index (χ4v) is 1.77. The topological polar surface area (TPSA) is 90.6 Å². The fraction of sp³-hybridized carbons (Fsp3) is 0.750. The minimum atomic E-state index is -0.930. The zero-order chi connectivity index (χ0) is 14.0. The first-order chi connectivity index (χ1) is 8.17. The summed E-state index contributed by atoms with van der Waals surface area (Å²) in [4.78, 5) is 23.6. The van der Waals surface area contributed by atoms with E-state index in [1.807, 2.05) is 0 Å². The smallest absolute Gasteiger partial charge is 0.410 e. The van der Waals surface area contributed by atoms with Crippen molar-refractivity contribution in [2.45, 2.75) is 39.2 Å². The van der Waals surface area contributed by atoms with Crippen molar-refractivity contribution in [1.82, 2.24) is 4.90 Å². The number of carbonyl (C=O) groups is 2. The highest BCUT2D eigenvalue weighted by Gasteiger charge is 2.46. The van der Waals surface area contributed by atoms with Crippen LogP contribution in [0.5, 0.6) is 0 Å². The minimum Gasteiger partial charge on any atom is -0.481 e. The summed E-state index contributed by atoms with van der Waals surface area (Å²) < 4.78 is 5.17. The lowest BCUT2D eigenvalue weighted by Crippen LogP contribution is -2.58. The molecule has 1 rings (SSSR count). The maximum absolute atomic E-state index is 11.7. The van der Waals surface area contributed by atoms with Crippen LogP contribution >= 0.6 is 0 Å². The van der Waals surface area contributed by atoms with Crippen molar-refractivity contribution in [3.8, 4) is 6.07 Å². The van der Waals surface area contributed by atoms with Gasteiger partial charge in [-0.25, -0.2) is 4.79 Å². The number of ether oxygens (including phenoxy) is 1. The second-order valence-electron chi connectivity index (χ2n) is 5.62. The molecule has 0 atom stereocenters. The Morgan fingerprint density at radius 3 is 2.39 bits per heavy atom. The van der Waals surface area contributed by atoms with Crippen LogP contribution in [-0.4, -0.2) is 40.8 Å². The van der Waals surface area contributed by atoms with Gasteiger partial charge < -0.3 is 14.7 Å². The highest BCUT2D eigenvalue weighted by atomic mass is 16.6. The normalized spacial score (nSPS) is 17.6. The Kier molecular flexibility index (Phi) is 3.85. The molecular weight excluding hydrogens is 236 g/mol. The van der Waals surface area contributed by atoms with Gasteiger partial charge >= 0.3 is 12.1 Å². The van der Waals surface area contributed by atoms with Gasteiger partial charge in [-0.3, -0.25) is 4.79 Å². The lowest BCUT2D eigenvalue weighted by Gasteiger charge is -2.45. The van der Waals surface area contributed by atoms with Crippen LogP contribution in [0, 0.1) is 16.7 Å². The predicted octanol–water partition coefficient (Wildman–Crippen LogP) is 1.61. The van der Waals surface area contributed by atoms with Crippen LogP contribution < -0.4 is 0 Å². The second kappa shape index (κ2) is 4.84. The summed E-state index contributed by atoms with van der Waals surface area (Å²) in [5.41, 5.74) is -1.29. The lowest BCUT2D eigenvalue weighted by atomic mass is 9.77. The molecule has 6 heteroatoms. The van der Waals surface area contributed by atoms with Gasteiger partial charge in [-0.1, -0.05) is 0 Å². The standard InChI is InChI=1S/C12H18N2O4/c1-11(2,3)18-10(17)14-7-12(6-13,8-14)5-4-9(15)16/h4-5,7-8H2,1-3H3,(H,15,16). The molecule has 1 amide bonds. The third-order valence-corrected chi connectivity index (χ3v) is 2.69. The van der Waals surface area contributed by atoms with Crippen LogP contribution in [0.4, 0.5) is 4.79 Å². The number of aliphatic carboxylic acids is 1. The molecule has 6 nitrogen and oxygen atoms in total. The minimum absolute atomic E-state index is 0.0598. The first-order valence-corrected chi connectivity index (χ1v) is 5.78.